The van der Waals surface area contributed by atoms with Crippen molar-refractivity contribution in [2.45, 2.75) is 42.9 Å². The lowest BCUT2D eigenvalue weighted by Gasteiger charge is -2.09. The van der Waals surface area contributed by atoms with Crippen molar-refractivity contribution in [3.8, 4) is 0 Å². The van der Waals surface area contributed by atoms with E-state index in [1.165, 1.54) is 29.1 Å². The Labute approximate surface area is 168 Å². The summed E-state index contributed by atoms with van der Waals surface area (Å²) in [4.78, 5) is 27.8. The fraction of sp³-hybridized carbons (Fsp3) is 0.273. The summed E-state index contributed by atoms with van der Waals surface area (Å²) in [5.41, 5.74) is 1.91. The third kappa shape index (κ3) is 4.66. The zero-order valence-electron chi connectivity index (χ0n) is 15.5. The van der Waals surface area contributed by atoms with Crippen molar-refractivity contribution in [2.24, 2.45) is 0 Å². The van der Waals surface area contributed by atoms with E-state index in [4.69, 9.17) is 4.74 Å². The molecule has 1 aliphatic rings. The molecule has 0 unspecified atom stereocenters. The highest BCUT2D eigenvalue weighted by atomic mass is 32.2. The zero-order chi connectivity index (χ0) is 19.2. The number of aryl methyl sites for hydroxylation is 1. The van der Waals surface area contributed by atoms with Crippen LogP contribution in [0.5, 0.6) is 0 Å². The van der Waals surface area contributed by atoms with Gasteiger partial charge in [-0.1, -0.05) is 73.3 Å². The van der Waals surface area contributed by atoms with Crippen LogP contribution in [0.15, 0.2) is 68.1 Å². The number of carbonyl (C=O) groups excluding carboxylic acids is 2. The van der Waals surface area contributed by atoms with Crippen molar-refractivity contribution in [1.82, 2.24) is 0 Å². The minimum Gasteiger partial charge on any atom is -0.462 e. The molecule has 0 radical (unpaired) electrons. The lowest BCUT2D eigenvalue weighted by molar-refractivity contribution is -0.138. The largest absolute Gasteiger partial charge is 0.462 e. The van der Waals surface area contributed by atoms with Crippen LogP contribution in [0.3, 0.4) is 0 Å². The van der Waals surface area contributed by atoms with Crippen LogP contribution < -0.4 is 0 Å². The molecule has 0 saturated heterocycles. The summed E-state index contributed by atoms with van der Waals surface area (Å²) in [6, 6.07) is 15.3. The average Bonchev–Trinajstić information content (AvgIpc) is 3.10. The van der Waals surface area contributed by atoms with Crippen molar-refractivity contribution >= 4 is 35.3 Å². The fourth-order valence-corrected chi connectivity index (χ4v) is 5.37. The van der Waals surface area contributed by atoms with E-state index in [2.05, 4.69) is 25.1 Å². The van der Waals surface area contributed by atoms with E-state index < -0.39 is 5.97 Å². The molecule has 27 heavy (non-hydrogen) atoms. The Morgan fingerprint density at radius 2 is 1.70 bits per heavy atom. The van der Waals surface area contributed by atoms with Gasteiger partial charge in [-0.25, -0.2) is 4.79 Å². The molecule has 2 aromatic carbocycles. The van der Waals surface area contributed by atoms with Gasteiger partial charge in [0.25, 0.3) is 0 Å². The van der Waals surface area contributed by atoms with E-state index in [1.807, 2.05) is 6.07 Å². The molecule has 0 aliphatic carbocycles. The van der Waals surface area contributed by atoms with Gasteiger partial charge in [-0.15, -0.1) is 0 Å². The Balaban J connectivity index is 1.95. The van der Waals surface area contributed by atoms with Gasteiger partial charge in [0.05, 0.1) is 10.8 Å². The molecule has 5 heteroatoms. The van der Waals surface area contributed by atoms with E-state index in [-0.39, 0.29) is 18.0 Å². The minimum atomic E-state index is -0.555. The first-order valence-corrected chi connectivity index (χ1v) is 10.8. The number of thioether (sulfide) groups is 2. The number of unbranched alkanes of at least 4 members (excludes halogenated alkanes) is 1. The van der Waals surface area contributed by atoms with Gasteiger partial charge < -0.3 is 4.74 Å². The summed E-state index contributed by atoms with van der Waals surface area (Å²) in [6.07, 6.45) is 3.35. The van der Waals surface area contributed by atoms with Crippen molar-refractivity contribution in [1.29, 1.82) is 0 Å². The fourth-order valence-electron chi connectivity index (χ4n) is 2.78. The first-order chi connectivity index (χ1) is 13.1. The van der Waals surface area contributed by atoms with Gasteiger partial charge in [0.15, 0.2) is 0 Å². The van der Waals surface area contributed by atoms with Crippen LogP contribution in [0.2, 0.25) is 0 Å². The summed E-state index contributed by atoms with van der Waals surface area (Å²) in [7, 11) is 0. The number of hydrogen-bond acceptors (Lipinski definition) is 5. The molecule has 0 atom stereocenters. The molecule has 0 aromatic heterocycles. The first-order valence-electron chi connectivity index (χ1n) is 9.13. The van der Waals surface area contributed by atoms with Gasteiger partial charge in [0.1, 0.15) is 5.57 Å². The smallest absolute Gasteiger partial charge is 0.343 e. The van der Waals surface area contributed by atoms with Gasteiger partial charge >= 0.3 is 5.97 Å². The number of ether oxygens (including phenoxy) is 1. The second-order valence-electron chi connectivity index (χ2n) is 6.17. The molecule has 0 N–H and O–H groups in total. The number of carbonyl (C=O) groups is 2. The quantitative estimate of drug-likeness (QED) is 0.191. The average molecular weight is 399 g/mol. The maximum atomic E-state index is 13.0. The summed E-state index contributed by atoms with van der Waals surface area (Å²) >= 11 is 2.96. The van der Waals surface area contributed by atoms with Crippen LogP contribution in [-0.2, 0) is 16.0 Å². The van der Waals surface area contributed by atoms with Crippen molar-refractivity contribution in [3.05, 3.63) is 69.5 Å². The Hall–Kier alpha value is -1.98. The second kappa shape index (κ2) is 9.29. The predicted molar refractivity (Wildman–Crippen MR) is 111 cm³/mol. The van der Waals surface area contributed by atoms with Gasteiger partial charge in [-0.3, -0.25) is 4.79 Å². The molecular formula is C22H22O3S2. The topological polar surface area (TPSA) is 43.4 Å². The standard InChI is InChI=1S/C22H22O3S2/c1-3-5-9-15-12-13-17-18(14-15)27-22(26-17)19(21(24)25-4-2)20(23)16-10-7-6-8-11-16/h6-8,10-14H,3-5,9H2,1-2H3. The predicted octanol–water partition coefficient (Wildman–Crippen LogP) is 5.88. The number of rotatable bonds is 7. The first kappa shape index (κ1) is 19.8. The van der Waals surface area contributed by atoms with Crippen molar-refractivity contribution in [2.75, 3.05) is 6.61 Å². The number of Topliss-reactive ketones (excluding diaryl/α,β-unsaturated/α-hetero) is 1. The molecular weight excluding hydrogens is 376 g/mol. The van der Waals surface area contributed by atoms with Crippen LogP contribution >= 0.6 is 23.5 Å². The number of esters is 1. The van der Waals surface area contributed by atoms with Crippen LogP contribution in [-0.4, -0.2) is 18.4 Å². The molecule has 0 saturated carbocycles. The minimum absolute atomic E-state index is 0.129. The van der Waals surface area contributed by atoms with Crippen molar-refractivity contribution < 1.29 is 14.3 Å². The highest BCUT2D eigenvalue weighted by molar-refractivity contribution is 8.24. The van der Waals surface area contributed by atoms with E-state index >= 15 is 0 Å². The van der Waals surface area contributed by atoms with Crippen LogP contribution in [0, 0.1) is 0 Å². The zero-order valence-corrected chi connectivity index (χ0v) is 17.1. The summed E-state index contributed by atoms with van der Waals surface area (Å²) in [6.45, 7) is 4.16. The van der Waals surface area contributed by atoms with Gasteiger partial charge in [-0.05, 0) is 37.5 Å². The Bertz CT molecular complexity index is 872. The number of ketones is 1. The monoisotopic (exact) mass is 398 g/mol. The van der Waals surface area contributed by atoms with E-state index in [0.29, 0.717) is 9.80 Å². The molecule has 3 nitrogen and oxygen atoms in total. The molecule has 0 fully saturated rings. The van der Waals surface area contributed by atoms with E-state index in [0.717, 1.165) is 29.1 Å². The highest BCUT2D eigenvalue weighted by Gasteiger charge is 2.30. The van der Waals surface area contributed by atoms with Crippen LogP contribution in [0.1, 0.15) is 42.6 Å². The molecule has 1 aliphatic heterocycles. The van der Waals surface area contributed by atoms with Gasteiger partial charge in [0, 0.05) is 15.4 Å². The summed E-state index contributed by atoms with van der Waals surface area (Å²) < 4.78 is 5.89. The number of fused-ring (bicyclic) bond motifs is 1. The highest BCUT2D eigenvalue weighted by Crippen LogP contribution is 2.53. The van der Waals surface area contributed by atoms with Gasteiger partial charge in [0.2, 0.25) is 5.78 Å². The molecule has 2 aromatic rings. The molecule has 1 heterocycles. The summed E-state index contributed by atoms with van der Waals surface area (Å²) in [5, 5.41) is 0. The molecule has 3 rings (SSSR count). The molecule has 0 spiro atoms. The number of benzene rings is 2. The summed E-state index contributed by atoms with van der Waals surface area (Å²) in [5.74, 6) is -0.844. The van der Waals surface area contributed by atoms with Crippen LogP contribution in [0.25, 0.3) is 0 Å². The maximum Gasteiger partial charge on any atom is 0.343 e. The Morgan fingerprint density at radius 3 is 2.41 bits per heavy atom. The second-order valence-corrected chi connectivity index (χ2v) is 8.53. The SMILES string of the molecule is CCCCc1ccc2c(c1)SC(=C(C(=O)OCC)C(=O)c1ccccc1)S2. The van der Waals surface area contributed by atoms with E-state index in [1.54, 1.807) is 31.2 Å². The maximum absolute atomic E-state index is 13.0. The Kier molecular flexibility index (Phi) is 6.80. The number of hydrogen-bond donors (Lipinski definition) is 0. The molecule has 0 amide bonds. The van der Waals surface area contributed by atoms with Gasteiger partial charge in [-0.2, -0.15) is 0 Å². The normalized spacial score (nSPS) is 14.6. The van der Waals surface area contributed by atoms with Crippen LogP contribution in [0.4, 0.5) is 0 Å². The lowest BCUT2D eigenvalue weighted by Crippen LogP contribution is -2.17. The Morgan fingerprint density at radius 1 is 0.963 bits per heavy atom. The van der Waals surface area contributed by atoms with Crippen molar-refractivity contribution in [3.63, 3.8) is 0 Å². The molecule has 140 valence electrons. The van der Waals surface area contributed by atoms with E-state index in [9.17, 15) is 9.59 Å². The third-order valence-corrected chi connectivity index (χ3v) is 6.72. The lowest BCUT2D eigenvalue weighted by atomic mass is 10.1. The molecule has 0 bridgehead atoms. The third-order valence-electron chi connectivity index (χ3n) is 4.18.